The molecule has 2 rings (SSSR count). The summed E-state index contributed by atoms with van der Waals surface area (Å²) in [5, 5.41) is 14.1. The summed E-state index contributed by atoms with van der Waals surface area (Å²) < 4.78 is 1.59. The van der Waals surface area contributed by atoms with E-state index in [9.17, 15) is 9.90 Å². The maximum atomic E-state index is 11.8. The minimum absolute atomic E-state index is 0.0615. The standard InChI is InChI=1S/C13H11Br2NO2S/c14-9-6-12(19-7-9)13(18)16-4-3-8-1-2-11(17)10(15)5-8/h1-2,5-7,17H,3-4H2,(H,16,18). The molecule has 1 heterocycles. The van der Waals surface area contributed by atoms with Crippen LogP contribution >= 0.6 is 43.2 Å². The first kappa shape index (κ1) is 14.6. The molecule has 1 aromatic heterocycles. The van der Waals surface area contributed by atoms with Crippen molar-refractivity contribution in [1.29, 1.82) is 0 Å². The number of nitrogens with one attached hydrogen (secondary N) is 1. The summed E-state index contributed by atoms with van der Waals surface area (Å²) in [6.45, 7) is 0.561. The van der Waals surface area contributed by atoms with Gasteiger partial charge in [0.25, 0.3) is 5.91 Å². The smallest absolute Gasteiger partial charge is 0.261 e. The van der Waals surface area contributed by atoms with Crippen LogP contribution in [0.2, 0.25) is 0 Å². The zero-order chi connectivity index (χ0) is 13.8. The molecule has 0 saturated carbocycles. The molecular formula is C13H11Br2NO2S. The molecule has 6 heteroatoms. The van der Waals surface area contributed by atoms with E-state index in [1.54, 1.807) is 12.1 Å². The van der Waals surface area contributed by atoms with Gasteiger partial charge in [0.1, 0.15) is 5.75 Å². The van der Waals surface area contributed by atoms with Crippen molar-refractivity contribution in [2.75, 3.05) is 6.54 Å². The molecule has 19 heavy (non-hydrogen) atoms. The molecule has 0 saturated heterocycles. The molecule has 0 aliphatic carbocycles. The number of rotatable bonds is 4. The molecule has 0 spiro atoms. The minimum Gasteiger partial charge on any atom is -0.507 e. The number of phenols is 1. The molecule has 3 nitrogen and oxygen atoms in total. The van der Waals surface area contributed by atoms with Gasteiger partial charge in [-0.05, 0) is 62.0 Å². The Bertz CT molecular complexity index is 598. The van der Waals surface area contributed by atoms with E-state index in [4.69, 9.17) is 0 Å². The Labute approximate surface area is 131 Å². The van der Waals surface area contributed by atoms with Gasteiger partial charge in [-0.2, -0.15) is 0 Å². The molecule has 0 radical (unpaired) electrons. The van der Waals surface area contributed by atoms with E-state index in [1.807, 2.05) is 17.5 Å². The summed E-state index contributed by atoms with van der Waals surface area (Å²) in [5.41, 5.74) is 1.05. The highest BCUT2D eigenvalue weighted by Crippen LogP contribution is 2.24. The lowest BCUT2D eigenvalue weighted by molar-refractivity contribution is 0.0958. The average Bonchev–Trinajstić information content (AvgIpc) is 2.80. The quantitative estimate of drug-likeness (QED) is 0.810. The summed E-state index contributed by atoms with van der Waals surface area (Å²) in [6.07, 6.45) is 0.719. The summed E-state index contributed by atoms with van der Waals surface area (Å²) >= 11 is 8.00. The van der Waals surface area contributed by atoms with E-state index in [1.165, 1.54) is 11.3 Å². The van der Waals surface area contributed by atoms with E-state index in [0.717, 1.165) is 16.5 Å². The Morgan fingerprint density at radius 1 is 1.32 bits per heavy atom. The van der Waals surface area contributed by atoms with Crippen molar-refractivity contribution in [3.8, 4) is 5.75 Å². The third-order valence-electron chi connectivity index (χ3n) is 2.50. The van der Waals surface area contributed by atoms with E-state index < -0.39 is 0 Å². The number of phenolic OH excluding ortho intramolecular Hbond substituents is 1. The molecule has 2 N–H and O–H groups in total. The van der Waals surface area contributed by atoms with Crippen LogP contribution in [-0.2, 0) is 6.42 Å². The van der Waals surface area contributed by atoms with Crippen molar-refractivity contribution in [1.82, 2.24) is 5.32 Å². The summed E-state index contributed by atoms with van der Waals surface area (Å²) in [4.78, 5) is 12.5. The van der Waals surface area contributed by atoms with Crippen molar-refractivity contribution in [2.24, 2.45) is 0 Å². The van der Waals surface area contributed by atoms with Crippen molar-refractivity contribution in [3.05, 3.63) is 49.0 Å². The third kappa shape index (κ3) is 4.06. The SMILES string of the molecule is O=C(NCCc1ccc(O)c(Br)c1)c1cc(Br)cs1. The second-order valence-electron chi connectivity index (χ2n) is 3.92. The number of benzene rings is 1. The number of aromatic hydroxyl groups is 1. The van der Waals surface area contributed by atoms with Gasteiger partial charge < -0.3 is 10.4 Å². The third-order valence-corrected chi connectivity index (χ3v) is 4.83. The maximum Gasteiger partial charge on any atom is 0.261 e. The highest BCUT2D eigenvalue weighted by atomic mass is 79.9. The second kappa shape index (κ2) is 6.54. The molecule has 2 aromatic rings. The highest BCUT2D eigenvalue weighted by molar-refractivity contribution is 9.10. The molecule has 100 valence electrons. The van der Waals surface area contributed by atoms with Crippen molar-refractivity contribution in [2.45, 2.75) is 6.42 Å². The first-order valence-corrected chi connectivity index (χ1v) is 8.02. The predicted molar refractivity (Wildman–Crippen MR) is 83.9 cm³/mol. The predicted octanol–water partition coefficient (Wildman–Crippen LogP) is 3.95. The van der Waals surface area contributed by atoms with Gasteiger partial charge in [-0.1, -0.05) is 6.07 Å². The van der Waals surface area contributed by atoms with Gasteiger partial charge in [-0.25, -0.2) is 0 Å². The Hall–Kier alpha value is -0.850. The van der Waals surface area contributed by atoms with Crippen LogP contribution < -0.4 is 5.32 Å². The lowest BCUT2D eigenvalue weighted by Crippen LogP contribution is -2.24. The van der Waals surface area contributed by atoms with Crippen LogP contribution in [0, 0.1) is 0 Å². The number of halogens is 2. The Morgan fingerprint density at radius 2 is 2.11 bits per heavy atom. The van der Waals surface area contributed by atoms with Gasteiger partial charge in [0, 0.05) is 16.4 Å². The van der Waals surface area contributed by atoms with Crippen molar-refractivity contribution >= 4 is 49.1 Å². The monoisotopic (exact) mass is 403 g/mol. The number of amides is 1. The summed E-state index contributed by atoms with van der Waals surface area (Å²) in [7, 11) is 0. The summed E-state index contributed by atoms with van der Waals surface area (Å²) in [5.74, 6) is 0.157. The summed E-state index contributed by atoms with van der Waals surface area (Å²) in [6, 6.07) is 7.13. The van der Waals surface area contributed by atoms with Gasteiger partial charge in [-0.3, -0.25) is 4.79 Å². The number of thiophene rings is 1. The zero-order valence-corrected chi connectivity index (χ0v) is 13.8. The number of carbonyl (C=O) groups is 1. The van der Waals surface area contributed by atoms with E-state index in [-0.39, 0.29) is 11.7 Å². The van der Waals surface area contributed by atoms with Crippen LogP contribution in [0.4, 0.5) is 0 Å². The largest absolute Gasteiger partial charge is 0.507 e. The van der Waals surface area contributed by atoms with Crippen LogP contribution in [-0.4, -0.2) is 17.6 Å². The van der Waals surface area contributed by atoms with E-state index >= 15 is 0 Å². The van der Waals surface area contributed by atoms with Crippen LogP contribution in [0.15, 0.2) is 38.6 Å². The number of carbonyl (C=O) groups excluding carboxylic acids is 1. The van der Waals surface area contributed by atoms with E-state index in [2.05, 4.69) is 37.2 Å². The molecule has 1 amide bonds. The Morgan fingerprint density at radius 3 is 2.74 bits per heavy atom. The molecule has 0 unspecified atom stereocenters. The minimum atomic E-state index is -0.0615. The fourth-order valence-electron chi connectivity index (χ4n) is 1.55. The molecule has 0 fully saturated rings. The average molecular weight is 405 g/mol. The van der Waals surface area contributed by atoms with Gasteiger partial charge in [0.2, 0.25) is 0 Å². The van der Waals surface area contributed by atoms with Gasteiger partial charge in [0.15, 0.2) is 0 Å². The van der Waals surface area contributed by atoms with Crippen LogP contribution in [0.3, 0.4) is 0 Å². The fourth-order valence-corrected chi connectivity index (χ4v) is 3.31. The fraction of sp³-hybridized carbons (Fsp3) is 0.154. The van der Waals surface area contributed by atoms with Crippen molar-refractivity contribution in [3.63, 3.8) is 0 Å². The normalized spacial score (nSPS) is 10.4. The second-order valence-corrected chi connectivity index (χ2v) is 6.60. The molecule has 0 aliphatic heterocycles. The highest BCUT2D eigenvalue weighted by Gasteiger charge is 2.07. The first-order valence-electron chi connectivity index (χ1n) is 5.56. The molecule has 1 aromatic carbocycles. The van der Waals surface area contributed by atoms with Gasteiger partial charge in [0.05, 0.1) is 9.35 Å². The van der Waals surface area contributed by atoms with Crippen molar-refractivity contribution < 1.29 is 9.90 Å². The molecule has 0 atom stereocenters. The Balaban J connectivity index is 1.86. The zero-order valence-electron chi connectivity index (χ0n) is 9.82. The number of hydrogen-bond acceptors (Lipinski definition) is 3. The molecule has 0 bridgehead atoms. The van der Waals surface area contributed by atoms with Crippen LogP contribution in [0.1, 0.15) is 15.2 Å². The Kier molecular flexibility index (Phi) is 5.01. The first-order chi connectivity index (χ1) is 9.06. The van der Waals surface area contributed by atoms with E-state index in [0.29, 0.717) is 15.9 Å². The topological polar surface area (TPSA) is 49.3 Å². The molecular weight excluding hydrogens is 394 g/mol. The van der Waals surface area contributed by atoms with Crippen LogP contribution in [0.25, 0.3) is 0 Å². The van der Waals surface area contributed by atoms with Crippen LogP contribution in [0.5, 0.6) is 5.75 Å². The lowest BCUT2D eigenvalue weighted by Gasteiger charge is -2.05. The number of hydrogen-bond donors (Lipinski definition) is 2. The maximum absolute atomic E-state index is 11.8. The van der Waals surface area contributed by atoms with Gasteiger partial charge in [-0.15, -0.1) is 11.3 Å². The van der Waals surface area contributed by atoms with Gasteiger partial charge >= 0.3 is 0 Å². The lowest BCUT2D eigenvalue weighted by atomic mass is 10.1. The molecule has 0 aliphatic rings.